The minimum Gasteiger partial charge on any atom is -0.466 e. The number of benzene rings is 1. The number of carbonyl (C=O) groups is 2. The molecule has 0 bridgehead atoms. The molecule has 1 aromatic carbocycles. The van der Waals surface area contributed by atoms with Crippen molar-refractivity contribution in [2.45, 2.75) is 51.6 Å². The van der Waals surface area contributed by atoms with E-state index in [9.17, 15) is 9.59 Å². The summed E-state index contributed by atoms with van der Waals surface area (Å²) in [5.41, 5.74) is 0.829. The fourth-order valence-electron chi connectivity index (χ4n) is 3.38. The molecule has 2 N–H and O–H groups in total. The van der Waals surface area contributed by atoms with Gasteiger partial charge >= 0.3 is 12.0 Å². The van der Waals surface area contributed by atoms with Crippen LogP contribution in [0.25, 0.3) is 0 Å². The van der Waals surface area contributed by atoms with Crippen LogP contribution in [-0.4, -0.2) is 41.4 Å². The van der Waals surface area contributed by atoms with Crippen LogP contribution in [0.1, 0.15) is 51.1 Å². The topological polar surface area (TPSA) is 96.4 Å². The van der Waals surface area contributed by atoms with Gasteiger partial charge in [-0.1, -0.05) is 41.7 Å². The molecule has 0 saturated carbocycles. The Kier molecular flexibility index (Phi) is 7.40. The number of hydrogen-bond acceptors (Lipinski definition) is 7. The summed E-state index contributed by atoms with van der Waals surface area (Å²) in [5.74, 6) is -0.362. The maximum absolute atomic E-state index is 12.5. The summed E-state index contributed by atoms with van der Waals surface area (Å²) in [6, 6.07) is 8.84. The van der Waals surface area contributed by atoms with E-state index in [2.05, 4.69) is 32.7 Å². The number of amides is 2. The fraction of sp³-hybridized carbons (Fsp3) is 0.500. The number of anilines is 2. The first-order chi connectivity index (χ1) is 14.1. The van der Waals surface area contributed by atoms with Gasteiger partial charge in [0.1, 0.15) is 0 Å². The van der Waals surface area contributed by atoms with Gasteiger partial charge in [-0.2, -0.15) is 0 Å². The summed E-state index contributed by atoms with van der Waals surface area (Å²) in [6.07, 6.45) is 3.55. The molecule has 2 heterocycles. The van der Waals surface area contributed by atoms with Crippen molar-refractivity contribution in [3.63, 3.8) is 0 Å². The summed E-state index contributed by atoms with van der Waals surface area (Å²) in [7, 11) is 0. The Bertz CT molecular complexity index is 813. The summed E-state index contributed by atoms with van der Waals surface area (Å²) in [5, 5.41) is 15.2. The van der Waals surface area contributed by atoms with Crippen LogP contribution in [0.2, 0.25) is 0 Å². The van der Waals surface area contributed by atoms with Crippen LogP contribution in [0.15, 0.2) is 30.3 Å². The van der Waals surface area contributed by atoms with Gasteiger partial charge in [0.15, 0.2) is 0 Å². The lowest BCUT2D eigenvalue weighted by molar-refractivity contribution is -0.143. The Morgan fingerprint density at radius 3 is 2.79 bits per heavy atom. The molecule has 1 aliphatic rings. The molecule has 29 heavy (non-hydrogen) atoms. The first kappa shape index (κ1) is 21.0. The van der Waals surface area contributed by atoms with Crippen LogP contribution >= 0.6 is 11.3 Å². The van der Waals surface area contributed by atoms with Crippen LogP contribution in [0.4, 0.5) is 15.1 Å². The van der Waals surface area contributed by atoms with Crippen LogP contribution in [-0.2, 0) is 9.53 Å². The lowest BCUT2D eigenvalue weighted by Crippen LogP contribution is -2.37. The Morgan fingerprint density at radius 1 is 1.28 bits per heavy atom. The van der Waals surface area contributed by atoms with Crippen molar-refractivity contribution in [2.24, 2.45) is 0 Å². The second kappa shape index (κ2) is 10.2. The van der Waals surface area contributed by atoms with E-state index in [-0.39, 0.29) is 12.4 Å². The SMILES string of the molecule is CCOC(=O)C[C@@H](NC(=O)Nc1nnc(N2CCCC[C@H]2C)s1)c1ccccc1. The fourth-order valence-corrected chi connectivity index (χ4v) is 4.25. The zero-order valence-corrected chi connectivity index (χ0v) is 17.6. The second-order valence-corrected chi connectivity index (χ2v) is 7.95. The first-order valence-corrected chi connectivity index (χ1v) is 10.8. The number of nitrogens with zero attached hydrogens (tertiary/aromatic N) is 3. The smallest absolute Gasteiger partial charge is 0.321 e. The van der Waals surface area contributed by atoms with Crippen molar-refractivity contribution in [3.8, 4) is 0 Å². The van der Waals surface area contributed by atoms with Gasteiger partial charge in [0, 0.05) is 12.6 Å². The minimum absolute atomic E-state index is 0.0535. The average molecular weight is 418 g/mol. The molecule has 1 aromatic heterocycles. The molecule has 0 radical (unpaired) electrons. The van der Waals surface area contributed by atoms with E-state index in [0.29, 0.717) is 17.8 Å². The Hall–Kier alpha value is -2.68. The zero-order valence-electron chi connectivity index (χ0n) is 16.8. The number of ether oxygens (including phenoxy) is 1. The van der Waals surface area contributed by atoms with E-state index in [4.69, 9.17) is 4.74 Å². The molecule has 2 atom stereocenters. The maximum Gasteiger partial charge on any atom is 0.321 e. The number of hydrogen-bond donors (Lipinski definition) is 2. The number of piperidine rings is 1. The quantitative estimate of drug-likeness (QED) is 0.667. The molecule has 156 valence electrons. The lowest BCUT2D eigenvalue weighted by atomic mass is 10.0. The molecule has 9 heteroatoms. The van der Waals surface area contributed by atoms with Gasteiger partial charge in [-0.15, -0.1) is 10.2 Å². The van der Waals surface area contributed by atoms with Gasteiger partial charge in [-0.05, 0) is 38.7 Å². The van der Waals surface area contributed by atoms with Gasteiger partial charge in [0.25, 0.3) is 0 Å². The zero-order chi connectivity index (χ0) is 20.6. The molecule has 0 aliphatic carbocycles. The third-order valence-electron chi connectivity index (χ3n) is 4.87. The molecule has 3 rings (SSSR count). The largest absolute Gasteiger partial charge is 0.466 e. The van der Waals surface area contributed by atoms with E-state index in [0.717, 1.165) is 30.1 Å². The highest BCUT2D eigenvalue weighted by Gasteiger charge is 2.23. The monoisotopic (exact) mass is 417 g/mol. The molecule has 1 fully saturated rings. The standard InChI is InChI=1S/C20H27N5O3S/c1-3-28-17(26)13-16(15-10-5-4-6-11-15)21-18(27)22-19-23-24-20(29-19)25-12-8-7-9-14(25)2/h4-6,10-11,14,16H,3,7-9,12-13H2,1-2H3,(H2,21,22,23,27)/t14-,16-/m1/s1. The third kappa shape index (κ3) is 5.90. The Labute approximate surface area is 174 Å². The van der Waals surface area contributed by atoms with Crippen molar-refractivity contribution in [1.82, 2.24) is 15.5 Å². The molecule has 2 aromatic rings. The van der Waals surface area contributed by atoms with E-state index >= 15 is 0 Å². The van der Waals surface area contributed by atoms with E-state index in [1.165, 1.54) is 17.8 Å². The van der Waals surface area contributed by atoms with Gasteiger partial charge < -0.3 is 15.0 Å². The number of rotatable bonds is 7. The molecule has 0 unspecified atom stereocenters. The van der Waals surface area contributed by atoms with Crippen LogP contribution in [0, 0.1) is 0 Å². The second-order valence-electron chi connectivity index (χ2n) is 7.00. The predicted molar refractivity (Wildman–Crippen MR) is 113 cm³/mol. The Morgan fingerprint density at radius 2 is 2.07 bits per heavy atom. The number of carbonyl (C=O) groups excluding carboxylic acids is 2. The van der Waals surface area contributed by atoms with Crippen molar-refractivity contribution in [2.75, 3.05) is 23.4 Å². The summed E-state index contributed by atoms with van der Waals surface area (Å²) < 4.78 is 5.04. The van der Waals surface area contributed by atoms with Gasteiger partial charge in [0.05, 0.1) is 19.1 Å². The summed E-state index contributed by atoms with van der Waals surface area (Å²) in [6.45, 7) is 5.19. The van der Waals surface area contributed by atoms with Gasteiger partial charge in [-0.25, -0.2) is 4.79 Å². The maximum atomic E-state index is 12.5. The van der Waals surface area contributed by atoms with E-state index in [1.54, 1.807) is 6.92 Å². The van der Waals surface area contributed by atoms with E-state index < -0.39 is 12.1 Å². The predicted octanol–water partition coefficient (Wildman–Crippen LogP) is 3.73. The molecule has 1 aliphatic heterocycles. The number of aromatic nitrogens is 2. The van der Waals surface area contributed by atoms with Crippen molar-refractivity contribution in [1.29, 1.82) is 0 Å². The van der Waals surface area contributed by atoms with Gasteiger partial charge in [-0.3, -0.25) is 10.1 Å². The van der Waals surface area contributed by atoms with Crippen molar-refractivity contribution < 1.29 is 14.3 Å². The molecular weight excluding hydrogens is 390 g/mol. The van der Waals surface area contributed by atoms with Crippen LogP contribution < -0.4 is 15.5 Å². The van der Waals surface area contributed by atoms with Crippen LogP contribution in [0.5, 0.6) is 0 Å². The first-order valence-electron chi connectivity index (χ1n) is 9.95. The number of nitrogens with one attached hydrogen (secondary N) is 2. The number of urea groups is 1. The normalized spacial score (nSPS) is 17.4. The molecule has 0 spiro atoms. The highest BCUT2D eigenvalue weighted by Crippen LogP contribution is 2.29. The molecular formula is C20H27N5O3S. The number of esters is 1. The minimum atomic E-state index is -0.496. The highest BCUT2D eigenvalue weighted by molar-refractivity contribution is 7.19. The Balaban J connectivity index is 1.63. The molecule has 2 amide bonds. The highest BCUT2D eigenvalue weighted by atomic mass is 32.1. The lowest BCUT2D eigenvalue weighted by Gasteiger charge is -2.32. The summed E-state index contributed by atoms with van der Waals surface area (Å²) in [4.78, 5) is 26.7. The van der Waals surface area contributed by atoms with Crippen LogP contribution in [0.3, 0.4) is 0 Å². The molecule has 1 saturated heterocycles. The molecule has 8 nitrogen and oxygen atoms in total. The van der Waals surface area contributed by atoms with Crippen molar-refractivity contribution >= 4 is 33.6 Å². The van der Waals surface area contributed by atoms with Crippen molar-refractivity contribution in [3.05, 3.63) is 35.9 Å². The average Bonchev–Trinajstić information content (AvgIpc) is 3.16. The summed E-state index contributed by atoms with van der Waals surface area (Å²) >= 11 is 1.36. The third-order valence-corrected chi connectivity index (χ3v) is 5.74. The van der Waals surface area contributed by atoms with E-state index in [1.807, 2.05) is 30.3 Å². The van der Waals surface area contributed by atoms with Gasteiger partial charge in [0.2, 0.25) is 10.3 Å².